The summed E-state index contributed by atoms with van der Waals surface area (Å²) in [5.74, 6) is 0. The standard InChI is InChI=1S/2C5H6N.Ru/c2*1-5-2-3-6-4-5;/h2*2-3,6H,1H3;/q2*-1;+2. The van der Waals surface area contributed by atoms with Crippen LogP contribution in [0.15, 0.2) is 24.5 Å². The molecular weight excluding hydrogens is 249 g/mol. The van der Waals surface area contributed by atoms with Gasteiger partial charge in [-0.3, -0.25) is 0 Å². The van der Waals surface area contributed by atoms with Crippen LogP contribution in [0.2, 0.25) is 0 Å². The average Bonchev–Trinajstić information content (AvgIpc) is 2.63. The van der Waals surface area contributed by atoms with Gasteiger partial charge in [0.2, 0.25) is 0 Å². The number of aromatic amines is 2. The molecule has 0 aliphatic rings. The third-order valence-corrected chi connectivity index (χ3v) is 1.37. The topological polar surface area (TPSA) is 31.6 Å². The fourth-order valence-corrected chi connectivity index (χ4v) is 0.728. The predicted molar refractivity (Wildman–Crippen MR) is 48.7 cm³/mol. The molecule has 2 aromatic heterocycles. The summed E-state index contributed by atoms with van der Waals surface area (Å²) in [7, 11) is 0. The normalized spacial score (nSPS) is 8.15. The molecule has 0 fully saturated rings. The summed E-state index contributed by atoms with van der Waals surface area (Å²) in [5.41, 5.74) is 2.32. The molecule has 2 nitrogen and oxygen atoms in total. The van der Waals surface area contributed by atoms with Crippen LogP contribution in [0.25, 0.3) is 0 Å². The number of hydrogen-bond acceptors (Lipinski definition) is 0. The summed E-state index contributed by atoms with van der Waals surface area (Å²) in [6.45, 7) is 3.99. The Balaban J connectivity index is 0.000000206. The number of rotatable bonds is 0. The summed E-state index contributed by atoms with van der Waals surface area (Å²) in [6, 6.07) is 3.94. The molecule has 0 amide bonds. The number of hydrogen-bond donors (Lipinski definition) is 2. The fourth-order valence-electron chi connectivity index (χ4n) is 0.728. The zero-order chi connectivity index (χ0) is 8.81. The van der Waals surface area contributed by atoms with E-state index in [1.807, 2.05) is 38.4 Å². The van der Waals surface area contributed by atoms with Crippen LogP contribution in [0.3, 0.4) is 0 Å². The molecule has 2 rings (SSSR count). The van der Waals surface area contributed by atoms with E-state index < -0.39 is 0 Å². The van der Waals surface area contributed by atoms with Gasteiger partial charge in [0.15, 0.2) is 0 Å². The number of H-pyrrole nitrogens is 2. The van der Waals surface area contributed by atoms with Crippen molar-refractivity contribution in [1.29, 1.82) is 0 Å². The molecule has 2 aromatic rings. The van der Waals surface area contributed by atoms with Gasteiger partial charge in [-0.2, -0.15) is 35.7 Å². The molecule has 0 radical (unpaired) electrons. The second kappa shape index (κ2) is 6.67. The Hall–Kier alpha value is -0.817. The Bertz CT molecular complexity index is 252. The van der Waals surface area contributed by atoms with Gasteiger partial charge < -0.3 is 9.97 Å². The molecule has 2 N–H and O–H groups in total. The second-order valence-electron chi connectivity index (χ2n) is 2.57. The van der Waals surface area contributed by atoms with E-state index in [-0.39, 0.29) is 19.5 Å². The minimum atomic E-state index is 0. The van der Waals surface area contributed by atoms with Gasteiger partial charge in [-0.25, -0.2) is 0 Å². The molecule has 0 aromatic carbocycles. The molecule has 3 heteroatoms. The van der Waals surface area contributed by atoms with Crippen LogP contribution in [0, 0.1) is 26.2 Å². The first-order valence-electron chi connectivity index (χ1n) is 3.82. The first-order valence-corrected chi connectivity index (χ1v) is 3.82. The molecule has 0 unspecified atom stereocenters. The maximum absolute atomic E-state index is 2.88. The summed E-state index contributed by atoms with van der Waals surface area (Å²) < 4.78 is 0. The summed E-state index contributed by atoms with van der Waals surface area (Å²) in [5, 5.41) is 0. The minimum absolute atomic E-state index is 0. The molecule has 0 spiro atoms. The Morgan fingerprint density at radius 2 is 1.31 bits per heavy atom. The van der Waals surface area contributed by atoms with Crippen LogP contribution in [0.5, 0.6) is 0 Å². The maximum Gasteiger partial charge on any atom is 2.00 e. The van der Waals surface area contributed by atoms with E-state index in [0.29, 0.717) is 0 Å². The molecule has 0 bridgehead atoms. The van der Waals surface area contributed by atoms with Gasteiger partial charge in [-0.1, -0.05) is 13.8 Å². The first kappa shape index (κ1) is 12.2. The smallest absolute Gasteiger partial charge is 0.484 e. The molecule has 0 aliphatic carbocycles. The van der Waals surface area contributed by atoms with Crippen molar-refractivity contribution in [1.82, 2.24) is 9.97 Å². The van der Waals surface area contributed by atoms with E-state index in [1.54, 1.807) is 0 Å². The van der Waals surface area contributed by atoms with Crippen molar-refractivity contribution in [2.24, 2.45) is 0 Å². The van der Waals surface area contributed by atoms with Crippen molar-refractivity contribution >= 4 is 0 Å². The van der Waals surface area contributed by atoms with Gasteiger partial charge >= 0.3 is 19.5 Å². The van der Waals surface area contributed by atoms with Gasteiger partial charge in [0.05, 0.1) is 0 Å². The van der Waals surface area contributed by atoms with Crippen molar-refractivity contribution < 1.29 is 19.5 Å². The monoisotopic (exact) mass is 262 g/mol. The molecule has 0 saturated carbocycles. The van der Waals surface area contributed by atoms with Crippen LogP contribution in [0.4, 0.5) is 0 Å². The van der Waals surface area contributed by atoms with Crippen molar-refractivity contribution in [3.63, 3.8) is 0 Å². The van der Waals surface area contributed by atoms with Crippen LogP contribution in [-0.4, -0.2) is 9.97 Å². The molecular formula is C10H12N2Ru. The van der Waals surface area contributed by atoms with Crippen LogP contribution >= 0.6 is 0 Å². The summed E-state index contributed by atoms with van der Waals surface area (Å²) in [4.78, 5) is 5.61. The van der Waals surface area contributed by atoms with Gasteiger partial charge in [0, 0.05) is 0 Å². The quantitative estimate of drug-likeness (QED) is 0.538. The van der Waals surface area contributed by atoms with Gasteiger partial charge in [-0.05, 0) is 0 Å². The SMILES string of the molecule is Cc1[c-][nH]cc1.Cc1[c-][nH]cc1.[Ru+2]. The first-order chi connectivity index (χ1) is 5.79. The number of aromatic nitrogens is 2. The molecule has 2 heterocycles. The van der Waals surface area contributed by atoms with Gasteiger partial charge in [0.1, 0.15) is 0 Å². The van der Waals surface area contributed by atoms with Crippen molar-refractivity contribution in [3.8, 4) is 0 Å². The molecule has 0 aliphatic heterocycles. The van der Waals surface area contributed by atoms with Crippen molar-refractivity contribution in [2.75, 3.05) is 0 Å². The Kier molecular flexibility index (Phi) is 6.25. The fraction of sp³-hybridized carbons (Fsp3) is 0.200. The third kappa shape index (κ3) is 5.43. The van der Waals surface area contributed by atoms with E-state index in [9.17, 15) is 0 Å². The maximum atomic E-state index is 2.88. The third-order valence-electron chi connectivity index (χ3n) is 1.37. The average molecular weight is 261 g/mol. The number of aryl methyl sites for hydroxylation is 2. The summed E-state index contributed by atoms with van der Waals surface area (Å²) >= 11 is 0. The van der Waals surface area contributed by atoms with E-state index >= 15 is 0 Å². The second-order valence-corrected chi connectivity index (χ2v) is 2.57. The van der Waals surface area contributed by atoms with Crippen LogP contribution in [-0.2, 0) is 19.5 Å². The van der Waals surface area contributed by atoms with Crippen LogP contribution in [0.1, 0.15) is 11.1 Å². The summed E-state index contributed by atoms with van der Waals surface area (Å²) in [6.07, 6.45) is 9.46. The minimum Gasteiger partial charge on any atom is -0.484 e. The van der Waals surface area contributed by atoms with Gasteiger partial charge in [0.25, 0.3) is 0 Å². The van der Waals surface area contributed by atoms with Crippen LogP contribution < -0.4 is 0 Å². The van der Waals surface area contributed by atoms with Crippen molar-refractivity contribution in [3.05, 3.63) is 48.0 Å². The van der Waals surface area contributed by atoms with Crippen molar-refractivity contribution in [2.45, 2.75) is 13.8 Å². The Morgan fingerprint density at radius 3 is 1.38 bits per heavy atom. The van der Waals surface area contributed by atoms with E-state index in [4.69, 9.17) is 0 Å². The predicted octanol–water partition coefficient (Wildman–Crippen LogP) is 2.24. The Labute approximate surface area is 91.5 Å². The largest absolute Gasteiger partial charge is 2.00 e. The molecule has 13 heavy (non-hydrogen) atoms. The Morgan fingerprint density at radius 1 is 0.923 bits per heavy atom. The van der Waals surface area contributed by atoms with Gasteiger partial charge in [-0.15, -0.1) is 12.4 Å². The van der Waals surface area contributed by atoms with E-state index in [0.717, 1.165) is 11.1 Å². The molecule has 70 valence electrons. The molecule has 0 atom stereocenters. The number of nitrogens with one attached hydrogen (secondary N) is 2. The zero-order valence-electron chi connectivity index (χ0n) is 7.66. The zero-order valence-corrected chi connectivity index (χ0v) is 9.40. The van der Waals surface area contributed by atoms with E-state index in [1.165, 1.54) is 0 Å². The molecule has 0 saturated heterocycles. The van der Waals surface area contributed by atoms with E-state index in [2.05, 4.69) is 22.4 Å².